The van der Waals surface area contributed by atoms with Crippen molar-refractivity contribution in [3.8, 4) is 0 Å². The summed E-state index contributed by atoms with van der Waals surface area (Å²) in [5, 5.41) is 0. The van der Waals surface area contributed by atoms with Gasteiger partial charge in [0.2, 0.25) is 0 Å². The summed E-state index contributed by atoms with van der Waals surface area (Å²) in [5.41, 5.74) is 6.85. The molecule has 5 nitrogen and oxygen atoms in total. The Balaban J connectivity index is 1.67. The fourth-order valence-corrected chi connectivity index (χ4v) is 5.19. The Labute approximate surface area is 151 Å². The third-order valence-corrected chi connectivity index (χ3v) is 5.72. The van der Waals surface area contributed by atoms with Crippen molar-refractivity contribution in [1.82, 2.24) is 9.88 Å². The van der Waals surface area contributed by atoms with E-state index in [0.29, 0.717) is 22.4 Å². The monoisotopic (exact) mass is 344 g/mol. The van der Waals surface area contributed by atoms with Gasteiger partial charge in [0.25, 0.3) is 5.91 Å². The highest BCUT2D eigenvalue weighted by molar-refractivity contribution is 5.97. The van der Waals surface area contributed by atoms with Crippen molar-refractivity contribution in [1.29, 1.82) is 0 Å². The number of anilines is 1. The lowest BCUT2D eigenvalue weighted by molar-refractivity contribution is 0.0220. The van der Waals surface area contributed by atoms with Crippen molar-refractivity contribution in [2.75, 3.05) is 31.1 Å². The number of primary amides is 1. The molecule has 3 rings (SSSR count). The highest BCUT2D eigenvalue weighted by atomic mass is 16.1. The number of nitrogens with zero attached hydrogens (tertiary/aromatic N) is 3. The number of nitrogens with two attached hydrogens (primary N) is 1. The van der Waals surface area contributed by atoms with Crippen LogP contribution in [0.4, 0.5) is 5.82 Å². The molecule has 2 heterocycles. The lowest BCUT2D eigenvalue weighted by atomic mass is 9.63. The van der Waals surface area contributed by atoms with E-state index in [0.717, 1.165) is 32.0 Å². The molecule has 1 aliphatic heterocycles. The third kappa shape index (κ3) is 4.14. The maximum atomic E-state index is 11.7. The fourth-order valence-electron chi connectivity index (χ4n) is 5.19. The quantitative estimate of drug-likeness (QED) is 0.916. The molecule has 0 atom stereocenters. The van der Waals surface area contributed by atoms with E-state index in [4.69, 9.17) is 5.73 Å². The Morgan fingerprint density at radius 2 is 1.72 bits per heavy atom. The lowest BCUT2D eigenvalue weighted by Gasteiger charge is -2.50. The molecule has 1 aliphatic carbocycles. The van der Waals surface area contributed by atoms with Crippen molar-refractivity contribution in [2.45, 2.75) is 53.0 Å². The second-order valence-electron chi connectivity index (χ2n) is 9.33. The molecular weight excluding hydrogens is 312 g/mol. The van der Waals surface area contributed by atoms with Gasteiger partial charge in [-0.25, -0.2) is 4.98 Å². The van der Waals surface area contributed by atoms with E-state index in [1.54, 1.807) is 18.3 Å². The molecule has 0 unspecified atom stereocenters. The Morgan fingerprint density at radius 1 is 1.12 bits per heavy atom. The molecular formula is C20H32N4O. The average molecular weight is 345 g/mol. The highest BCUT2D eigenvalue weighted by Gasteiger charge is 2.41. The largest absolute Gasteiger partial charge is 0.365 e. The molecule has 1 aromatic heterocycles. The zero-order valence-corrected chi connectivity index (χ0v) is 16.1. The summed E-state index contributed by atoms with van der Waals surface area (Å²) in [6.07, 6.45) is 5.58. The summed E-state index contributed by atoms with van der Waals surface area (Å²) < 4.78 is 0. The average Bonchev–Trinajstić information content (AvgIpc) is 2.52. The van der Waals surface area contributed by atoms with Gasteiger partial charge >= 0.3 is 0 Å². The number of amides is 1. The van der Waals surface area contributed by atoms with Crippen LogP contribution < -0.4 is 10.6 Å². The summed E-state index contributed by atoms with van der Waals surface area (Å²) in [5.74, 6) is 0.334. The molecule has 2 aliphatic rings. The molecule has 1 saturated heterocycles. The van der Waals surface area contributed by atoms with Gasteiger partial charge in [0.05, 0.1) is 5.56 Å². The summed E-state index contributed by atoms with van der Waals surface area (Å²) in [6.45, 7) is 13.5. The van der Waals surface area contributed by atoms with Gasteiger partial charge in [0.15, 0.2) is 0 Å². The predicted molar refractivity (Wildman–Crippen MR) is 102 cm³/mol. The molecule has 0 radical (unpaired) electrons. The van der Waals surface area contributed by atoms with Gasteiger partial charge in [-0.05, 0) is 42.2 Å². The van der Waals surface area contributed by atoms with Crippen LogP contribution in [0.1, 0.15) is 57.3 Å². The number of rotatable bonds is 3. The first kappa shape index (κ1) is 18.2. The van der Waals surface area contributed by atoms with Crippen LogP contribution in [-0.2, 0) is 0 Å². The first-order valence-corrected chi connectivity index (χ1v) is 9.41. The van der Waals surface area contributed by atoms with E-state index in [-0.39, 0.29) is 0 Å². The summed E-state index contributed by atoms with van der Waals surface area (Å²) in [7, 11) is 0. The second-order valence-corrected chi connectivity index (χ2v) is 9.33. The molecule has 138 valence electrons. The fraction of sp³-hybridized carbons (Fsp3) is 0.700. The molecule has 0 bridgehead atoms. The van der Waals surface area contributed by atoms with Gasteiger partial charge in [-0.3, -0.25) is 9.69 Å². The minimum absolute atomic E-state index is 0.402. The predicted octanol–water partition coefficient (Wildman–Crippen LogP) is 2.91. The standard InChI is InChI=1S/C20H32N4O/c1-19(2)12-15(13-20(3,4)14-19)23-8-10-24(11-9-23)18-16(17(21)25)6-5-7-22-18/h5-7,15H,8-14H2,1-4H3,(H2,21,25). The van der Waals surface area contributed by atoms with Crippen LogP contribution >= 0.6 is 0 Å². The Hall–Kier alpha value is -1.62. The molecule has 2 N–H and O–H groups in total. The van der Waals surface area contributed by atoms with E-state index in [2.05, 4.69) is 42.5 Å². The third-order valence-electron chi connectivity index (χ3n) is 5.72. The van der Waals surface area contributed by atoms with Crippen molar-refractivity contribution < 1.29 is 4.79 Å². The van der Waals surface area contributed by atoms with Crippen LogP contribution in [0.3, 0.4) is 0 Å². The van der Waals surface area contributed by atoms with Gasteiger partial charge in [0.1, 0.15) is 5.82 Å². The van der Waals surface area contributed by atoms with Gasteiger partial charge in [-0.1, -0.05) is 27.7 Å². The Kier molecular flexibility index (Phi) is 4.80. The number of piperazine rings is 1. The van der Waals surface area contributed by atoms with Crippen molar-refractivity contribution in [3.63, 3.8) is 0 Å². The lowest BCUT2D eigenvalue weighted by Crippen LogP contribution is -2.54. The summed E-state index contributed by atoms with van der Waals surface area (Å²) >= 11 is 0. The van der Waals surface area contributed by atoms with Crippen LogP contribution in [0, 0.1) is 10.8 Å². The van der Waals surface area contributed by atoms with Crippen molar-refractivity contribution in [2.24, 2.45) is 16.6 Å². The normalized spacial score (nSPS) is 24.2. The van der Waals surface area contributed by atoms with Crippen LogP contribution in [-0.4, -0.2) is 48.0 Å². The smallest absolute Gasteiger partial charge is 0.252 e. The second kappa shape index (κ2) is 6.60. The maximum Gasteiger partial charge on any atom is 0.252 e. The molecule has 1 saturated carbocycles. The minimum Gasteiger partial charge on any atom is -0.365 e. The van der Waals surface area contributed by atoms with Gasteiger partial charge in [-0.2, -0.15) is 0 Å². The SMILES string of the molecule is CC1(C)CC(N2CCN(c3ncccc3C(N)=O)CC2)CC(C)(C)C1. The number of hydrogen-bond acceptors (Lipinski definition) is 4. The summed E-state index contributed by atoms with van der Waals surface area (Å²) in [4.78, 5) is 20.9. The van der Waals surface area contributed by atoms with Crippen LogP contribution in [0.2, 0.25) is 0 Å². The van der Waals surface area contributed by atoms with E-state index < -0.39 is 5.91 Å². The van der Waals surface area contributed by atoms with Crippen molar-refractivity contribution >= 4 is 11.7 Å². The molecule has 1 aromatic rings. The van der Waals surface area contributed by atoms with Crippen LogP contribution in [0.5, 0.6) is 0 Å². The van der Waals surface area contributed by atoms with Crippen LogP contribution in [0.25, 0.3) is 0 Å². The minimum atomic E-state index is -0.402. The number of hydrogen-bond donors (Lipinski definition) is 1. The Bertz CT molecular complexity index is 616. The topological polar surface area (TPSA) is 62.5 Å². The highest BCUT2D eigenvalue weighted by Crippen LogP contribution is 2.47. The Morgan fingerprint density at radius 3 is 2.28 bits per heavy atom. The van der Waals surface area contributed by atoms with E-state index in [1.807, 2.05) is 0 Å². The van der Waals surface area contributed by atoms with Crippen molar-refractivity contribution in [3.05, 3.63) is 23.9 Å². The summed E-state index contributed by atoms with van der Waals surface area (Å²) in [6, 6.07) is 4.19. The molecule has 2 fully saturated rings. The molecule has 1 amide bonds. The van der Waals surface area contributed by atoms with Gasteiger partial charge < -0.3 is 10.6 Å². The number of aromatic nitrogens is 1. The molecule has 25 heavy (non-hydrogen) atoms. The maximum absolute atomic E-state index is 11.7. The van der Waals surface area contributed by atoms with Gasteiger partial charge in [0, 0.05) is 38.4 Å². The molecule has 0 spiro atoms. The molecule has 5 heteroatoms. The number of pyridine rings is 1. The van der Waals surface area contributed by atoms with E-state index in [9.17, 15) is 4.79 Å². The van der Waals surface area contributed by atoms with Gasteiger partial charge in [-0.15, -0.1) is 0 Å². The number of carbonyl (C=O) groups is 1. The first-order chi connectivity index (χ1) is 11.7. The van der Waals surface area contributed by atoms with Crippen LogP contribution in [0.15, 0.2) is 18.3 Å². The first-order valence-electron chi connectivity index (χ1n) is 9.41. The van der Waals surface area contributed by atoms with E-state index >= 15 is 0 Å². The van der Waals surface area contributed by atoms with E-state index in [1.165, 1.54) is 19.3 Å². The molecule has 0 aromatic carbocycles. The number of carbonyl (C=O) groups excluding carboxylic acids is 1. The zero-order valence-electron chi connectivity index (χ0n) is 16.1. The zero-order chi connectivity index (χ0) is 18.2.